The Bertz CT molecular complexity index is 697. The predicted octanol–water partition coefficient (Wildman–Crippen LogP) is 3.94. The van der Waals surface area contributed by atoms with Crippen LogP contribution >= 0.6 is 24.0 Å². The van der Waals surface area contributed by atoms with Crippen molar-refractivity contribution in [3.05, 3.63) is 53.0 Å². The van der Waals surface area contributed by atoms with Crippen LogP contribution in [0.25, 0.3) is 6.08 Å². The molecular weight excluding hydrogens is 342 g/mol. The Labute approximate surface area is 151 Å². The van der Waals surface area contributed by atoms with Crippen molar-refractivity contribution < 1.29 is 14.7 Å². The van der Waals surface area contributed by atoms with E-state index in [1.807, 2.05) is 50.3 Å². The van der Waals surface area contributed by atoms with E-state index in [9.17, 15) is 14.7 Å². The van der Waals surface area contributed by atoms with Crippen LogP contribution in [0, 0.1) is 5.92 Å². The number of hydrogen-bond acceptors (Lipinski definition) is 4. The van der Waals surface area contributed by atoms with Gasteiger partial charge in [0.2, 0.25) is 0 Å². The van der Waals surface area contributed by atoms with E-state index in [0.717, 1.165) is 17.3 Å². The Kier molecular flexibility index (Phi) is 6.34. The molecule has 1 fully saturated rings. The van der Waals surface area contributed by atoms with Gasteiger partial charge in [-0.3, -0.25) is 9.69 Å². The second kappa shape index (κ2) is 8.26. The number of allylic oxidation sites excluding steroid dienone is 2. The minimum absolute atomic E-state index is 0.177. The van der Waals surface area contributed by atoms with Gasteiger partial charge >= 0.3 is 5.97 Å². The zero-order chi connectivity index (χ0) is 17.7. The standard InChI is InChI=1S/C18H19NO3S2/c1-3-12(2)15(17(21)22)19-16(20)14(24-18(19)23)11-7-10-13-8-5-4-6-9-13/h4-12,15H,3H2,1-2H3,(H,21,22)/b10-7+,14-11-/t12-,15+/m0/s1. The molecule has 0 bridgehead atoms. The number of amides is 1. The number of carbonyl (C=O) groups excluding carboxylic acids is 1. The molecule has 0 radical (unpaired) electrons. The first kappa shape index (κ1) is 18.4. The van der Waals surface area contributed by atoms with Crippen molar-refractivity contribution >= 4 is 46.3 Å². The van der Waals surface area contributed by atoms with Crippen LogP contribution in [0.15, 0.2) is 47.4 Å². The Balaban J connectivity index is 2.20. The van der Waals surface area contributed by atoms with E-state index in [1.165, 1.54) is 4.90 Å². The van der Waals surface area contributed by atoms with E-state index in [2.05, 4.69) is 0 Å². The number of carboxylic acids is 1. The summed E-state index contributed by atoms with van der Waals surface area (Å²) in [5.74, 6) is -1.54. The van der Waals surface area contributed by atoms with Crippen molar-refractivity contribution in [1.82, 2.24) is 4.90 Å². The molecule has 4 nitrogen and oxygen atoms in total. The average Bonchev–Trinajstić information content (AvgIpc) is 2.83. The van der Waals surface area contributed by atoms with E-state index in [4.69, 9.17) is 12.2 Å². The van der Waals surface area contributed by atoms with Gasteiger partial charge in [0.15, 0.2) is 0 Å². The minimum atomic E-state index is -1.03. The number of carbonyl (C=O) groups is 2. The Morgan fingerprint density at radius 3 is 2.62 bits per heavy atom. The molecule has 0 spiro atoms. The molecule has 24 heavy (non-hydrogen) atoms. The molecule has 0 saturated carbocycles. The zero-order valence-electron chi connectivity index (χ0n) is 13.5. The van der Waals surface area contributed by atoms with Crippen LogP contribution in [-0.2, 0) is 9.59 Å². The number of benzene rings is 1. The normalized spacial score (nSPS) is 19.2. The quantitative estimate of drug-likeness (QED) is 0.614. The molecule has 2 atom stereocenters. The van der Waals surface area contributed by atoms with Crippen LogP contribution in [0.2, 0.25) is 0 Å². The molecule has 1 amide bonds. The van der Waals surface area contributed by atoms with Gasteiger partial charge in [-0.05, 0) is 17.6 Å². The van der Waals surface area contributed by atoms with Crippen LogP contribution in [0.3, 0.4) is 0 Å². The van der Waals surface area contributed by atoms with Crippen LogP contribution in [0.5, 0.6) is 0 Å². The van der Waals surface area contributed by atoms with Gasteiger partial charge in [0, 0.05) is 0 Å². The lowest BCUT2D eigenvalue weighted by atomic mass is 9.98. The topological polar surface area (TPSA) is 57.6 Å². The molecular formula is C18H19NO3S2. The smallest absolute Gasteiger partial charge is 0.327 e. The Hall–Kier alpha value is -1.92. The SMILES string of the molecule is CC[C@H](C)[C@H](C(=O)O)N1C(=O)/C(=C/C=C/c2ccccc2)SC1=S. The van der Waals surface area contributed by atoms with Crippen LogP contribution in [0.1, 0.15) is 25.8 Å². The third-order valence-corrected chi connectivity index (χ3v) is 5.22. The van der Waals surface area contributed by atoms with Crippen molar-refractivity contribution in [3.8, 4) is 0 Å². The first-order chi connectivity index (χ1) is 11.5. The first-order valence-corrected chi connectivity index (χ1v) is 8.89. The van der Waals surface area contributed by atoms with Gasteiger partial charge in [-0.25, -0.2) is 4.79 Å². The van der Waals surface area contributed by atoms with E-state index < -0.39 is 12.0 Å². The number of thioether (sulfide) groups is 1. The maximum Gasteiger partial charge on any atom is 0.327 e. The summed E-state index contributed by atoms with van der Waals surface area (Å²) in [6.45, 7) is 3.72. The lowest BCUT2D eigenvalue weighted by Gasteiger charge is -2.27. The highest BCUT2D eigenvalue weighted by Gasteiger charge is 2.42. The number of nitrogens with zero attached hydrogens (tertiary/aromatic N) is 1. The highest BCUT2D eigenvalue weighted by Crippen LogP contribution is 2.34. The second-order valence-electron chi connectivity index (χ2n) is 5.51. The summed E-state index contributed by atoms with van der Waals surface area (Å²) in [5.41, 5.74) is 1.02. The van der Waals surface area contributed by atoms with Crippen LogP contribution in [-0.4, -0.2) is 32.2 Å². The molecule has 0 aliphatic carbocycles. The fourth-order valence-electron chi connectivity index (χ4n) is 2.38. The fraction of sp³-hybridized carbons (Fsp3) is 0.278. The number of aliphatic carboxylic acids is 1. The van der Waals surface area contributed by atoms with Crippen molar-refractivity contribution in [2.24, 2.45) is 5.92 Å². The molecule has 6 heteroatoms. The third-order valence-electron chi connectivity index (χ3n) is 3.87. The van der Waals surface area contributed by atoms with Crippen molar-refractivity contribution in [2.45, 2.75) is 26.3 Å². The van der Waals surface area contributed by atoms with E-state index >= 15 is 0 Å². The van der Waals surface area contributed by atoms with Gasteiger partial charge in [-0.15, -0.1) is 0 Å². The summed E-state index contributed by atoms with van der Waals surface area (Å²) in [7, 11) is 0. The first-order valence-electron chi connectivity index (χ1n) is 7.67. The second-order valence-corrected chi connectivity index (χ2v) is 7.19. The van der Waals surface area contributed by atoms with Gasteiger partial charge in [0.25, 0.3) is 5.91 Å². The molecule has 1 aromatic rings. The molecule has 1 aliphatic rings. The van der Waals surface area contributed by atoms with E-state index in [1.54, 1.807) is 12.2 Å². The molecule has 1 saturated heterocycles. The number of rotatable bonds is 6. The number of hydrogen-bond donors (Lipinski definition) is 1. The molecule has 0 aromatic heterocycles. The van der Waals surface area contributed by atoms with E-state index in [0.29, 0.717) is 15.6 Å². The van der Waals surface area contributed by atoms with Gasteiger partial charge in [0.05, 0.1) is 4.91 Å². The summed E-state index contributed by atoms with van der Waals surface area (Å²) < 4.78 is 0.298. The van der Waals surface area contributed by atoms with Crippen molar-refractivity contribution in [2.75, 3.05) is 0 Å². The summed E-state index contributed by atoms with van der Waals surface area (Å²) >= 11 is 6.39. The monoisotopic (exact) mass is 361 g/mol. The minimum Gasteiger partial charge on any atom is -0.480 e. The van der Waals surface area contributed by atoms with Crippen LogP contribution < -0.4 is 0 Å². The van der Waals surface area contributed by atoms with Gasteiger partial charge in [-0.1, -0.05) is 86.7 Å². The van der Waals surface area contributed by atoms with Crippen molar-refractivity contribution in [3.63, 3.8) is 0 Å². The maximum absolute atomic E-state index is 12.6. The third kappa shape index (κ3) is 4.13. The highest BCUT2D eigenvalue weighted by molar-refractivity contribution is 8.26. The maximum atomic E-state index is 12.6. The molecule has 1 heterocycles. The van der Waals surface area contributed by atoms with Crippen LogP contribution in [0.4, 0.5) is 0 Å². The van der Waals surface area contributed by atoms with Crippen molar-refractivity contribution in [1.29, 1.82) is 0 Å². The summed E-state index contributed by atoms with van der Waals surface area (Å²) in [6.07, 6.45) is 6.00. The molecule has 126 valence electrons. The highest BCUT2D eigenvalue weighted by atomic mass is 32.2. The molecule has 1 aliphatic heterocycles. The summed E-state index contributed by atoms with van der Waals surface area (Å²) in [4.78, 5) is 25.8. The van der Waals surface area contributed by atoms with Gasteiger partial charge in [0.1, 0.15) is 10.4 Å². The number of carboxylic acid groups (broad SMARTS) is 1. The van der Waals surface area contributed by atoms with Gasteiger partial charge in [-0.2, -0.15) is 0 Å². The zero-order valence-corrected chi connectivity index (χ0v) is 15.1. The van der Waals surface area contributed by atoms with Gasteiger partial charge < -0.3 is 5.11 Å². The largest absolute Gasteiger partial charge is 0.480 e. The molecule has 2 rings (SSSR count). The molecule has 1 aromatic carbocycles. The molecule has 1 N–H and O–H groups in total. The fourth-order valence-corrected chi connectivity index (χ4v) is 3.66. The molecule has 0 unspecified atom stereocenters. The summed E-state index contributed by atoms with van der Waals surface area (Å²) in [6, 6.07) is 8.79. The number of thiocarbonyl (C=S) groups is 1. The van der Waals surface area contributed by atoms with E-state index in [-0.39, 0.29) is 11.8 Å². The predicted molar refractivity (Wildman–Crippen MR) is 101 cm³/mol. The summed E-state index contributed by atoms with van der Waals surface area (Å²) in [5, 5.41) is 9.49. The Morgan fingerprint density at radius 1 is 1.38 bits per heavy atom. The Morgan fingerprint density at radius 2 is 2.04 bits per heavy atom. The lowest BCUT2D eigenvalue weighted by molar-refractivity contribution is -0.147. The average molecular weight is 361 g/mol. The lowest BCUT2D eigenvalue weighted by Crippen LogP contribution is -2.47.